The number of ether oxygens (including phenoxy) is 1. The maximum Gasteiger partial charge on any atom is 0.416 e. The number of esters is 1. The molecule has 12 heteroatoms. The number of benzene rings is 2. The second kappa shape index (κ2) is 8.94. The molecule has 0 bridgehead atoms. The first kappa shape index (κ1) is 23.5. The molecule has 2 aromatic heterocycles. The Morgan fingerprint density at radius 1 is 1.14 bits per heavy atom. The Bertz CT molecular complexity index is 1510. The minimum atomic E-state index is -4.63. The number of carbonyl (C=O) groups is 1. The van der Waals surface area contributed by atoms with E-state index < -0.39 is 28.8 Å². The van der Waals surface area contributed by atoms with Crippen LogP contribution in [0.4, 0.5) is 13.2 Å². The second-order valence-electron chi connectivity index (χ2n) is 7.29. The summed E-state index contributed by atoms with van der Waals surface area (Å²) in [5.41, 5.74) is -1.47. The molecule has 0 atom stereocenters. The molecule has 0 fully saturated rings. The lowest BCUT2D eigenvalue weighted by atomic mass is 10.2. The topological polar surface area (TPSA) is 108 Å². The molecule has 2 heterocycles. The Kier molecular flexibility index (Phi) is 6.00. The van der Waals surface area contributed by atoms with Gasteiger partial charge in [-0.1, -0.05) is 6.07 Å². The summed E-state index contributed by atoms with van der Waals surface area (Å²) in [7, 11) is 1.41. The highest BCUT2D eigenvalue weighted by Gasteiger charge is 2.33. The SMILES string of the molecule is CCOC(=O)c1c(-c2ncnn2-c2ccc(C#N)cc2)n(C)n(-c2cccc(C(F)(F)F)c2)c1=O. The number of nitriles is 1. The molecule has 35 heavy (non-hydrogen) atoms. The average Bonchev–Trinajstić information content (AvgIpc) is 3.40. The molecule has 0 N–H and O–H groups in total. The van der Waals surface area contributed by atoms with Crippen molar-refractivity contribution in [3.8, 4) is 29.0 Å². The third-order valence-electron chi connectivity index (χ3n) is 5.16. The number of carbonyl (C=O) groups excluding carboxylic acids is 1. The van der Waals surface area contributed by atoms with Crippen LogP contribution >= 0.6 is 0 Å². The van der Waals surface area contributed by atoms with Gasteiger partial charge in [0.15, 0.2) is 11.4 Å². The van der Waals surface area contributed by atoms with Crippen LogP contribution in [0.3, 0.4) is 0 Å². The molecule has 4 rings (SSSR count). The normalized spacial score (nSPS) is 11.3. The van der Waals surface area contributed by atoms with Crippen LogP contribution in [0.25, 0.3) is 22.9 Å². The summed E-state index contributed by atoms with van der Waals surface area (Å²) < 4.78 is 48.5. The molecule has 0 radical (unpaired) electrons. The van der Waals surface area contributed by atoms with Gasteiger partial charge in [0.1, 0.15) is 12.0 Å². The molecule has 2 aromatic carbocycles. The Balaban J connectivity index is 1.98. The molecule has 0 aliphatic heterocycles. The van der Waals surface area contributed by atoms with E-state index in [9.17, 15) is 22.8 Å². The molecule has 9 nitrogen and oxygen atoms in total. The van der Waals surface area contributed by atoms with Crippen LogP contribution in [0.2, 0.25) is 0 Å². The van der Waals surface area contributed by atoms with Crippen LogP contribution in [0, 0.1) is 11.3 Å². The molecule has 0 aliphatic rings. The fraction of sp³-hybridized carbons (Fsp3) is 0.174. The first-order valence-electron chi connectivity index (χ1n) is 10.2. The highest BCUT2D eigenvalue weighted by molar-refractivity contribution is 5.95. The average molecular weight is 482 g/mol. The summed E-state index contributed by atoms with van der Waals surface area (Å²) in [5.74, 6) is -0.883. The van der Waals surface area contributed by atoms with Gasteiger partial charge in [0.05, 0.1) is 35.2 Å². The smallest absolute Gasteiger partial charge is 0.416 e. The molecular weight excluding hydrogens is 465 g/mol. The minimum absolute atomic E-state index is 0.00674. The third-order valence-corrected chi connectivity index (χ3v) is 5.16. The maximum absolute atomic E-state index is 13.4. The van der Waals surface area contributed by atoms with Crippen molar-refractivity contribution < 1.29 is 22.7 Å². The largest absolute Gasteiger partial charge is 0.462 e. The molecular formula is C23H17F3N6O3. The zero-order chi connectivity index (χ0) is 25.3. The van der Waals surface area contributed by atoms with E-state index in [4.69, 9.17) is 10.00 Å². The molecule has 0 saturated heterocycles. The number of hydrogen-bond donors (Lipinski definition) is 0. The lowest BCUT2D eigenvalue weighted by Crippen LogP contribution is -2.23. The van der Waals surface area contributed by atoms with E-state index in [1.807, 2.05) is 6.07 Å². The van der Waals surface area contributed by atoms with Crippen molar-refractivity contribution in [1.82, 2.24) is 24.1 Å². The third kappa shape index (κ3) is 4.19. The van der Waals surface area contributed by atoms with Crippen molar-refractivity contribution >= 4 is 5.97 Å². The lowest BCUT2D eigenvalue weighted by Gasteiger charge is -2.13. The first-order valence-corrected chi connectivity index (χ1v) is 10.2. The molecule has 0 unspecified atom stereocenters. The summed E-state index contributed by atoms with van der Waals surface area (Å²) >= 11 is 0. The Hall–Kier alpha value is -4.66. The Morgan fingerprint density at radius 2 is 1.86 bits per heavy atom. The van der Waals surface area contributed by atoms with Crippen molar-refractivity contribution in [1.29, 1.82) is 5.26 Å². The summed E-state index contributed by atoms with van der Waals surface area (Å²) in [6.07, 6.45) is -3.43. The fourth-order valence-corrected chi connectivity index (χ4v) is 3.62. The van der Waals surface area contributed by atoms with E-state index in [0.29, 0.717) is 11.3 Å². The van der Waals surface area contributed by atoms with Crippen LogP contribution in [0.1, 0.15) is 28.4 Å². The van der Waals surface area contributed by atoms with E-state index in [1.54, 1.807) is 31.2 Å². The van der Waals surface area contributed by atoms with Gasteiger partial charge in [-0.3, -0.25) is 9.48 Å². The number of hydrogen-bond acceptors (Lipinski definition) is 6. The van der Waals surface area contributed by atoms with Gasteiger partial charge in [-0.05, 0) is 49.4 Å². The van der Waals surface area contributed by atoms with Gasteiger partial charge in [0, 0.05) is 7.05 Å². The van der Waals surface area contributed by atoms with E-state index in [0.717, 1.165) is 16.8 Å². The number of nitrogens with zero attached hydrogens (tertiary/aromatic N) is 6. The van der Waals surface area contributed by atoms with Crippen LogP contribution in [0.5, 0.6) is 0 Å². The van der Waals surface area contributed by atoms with Crippen LogP contribution in [-0.2, 0) is 18.0 Å². The van der Waals surface area contributed by atoms with Crippen LogP contribution in [-0.4, -0.2) is 36.7 Å². The van der Waals surface area contributed by atoms with Crippen molar-refractivity contribution in [2.24, 2.45) is 7.05 Å². The van der Waals surface area contributed by atoms with Gasteiger partial charge in [-0.15, -0.1) is 0 Å². The Labute approximate surface area is 196 Å². The highest BCUT2D eigenvalue weighted by atomic mass is 19.4. The van der Waals surface area contributed by atoms with Gasteiger partial charge in [0.2, 0.25) is 0 Å². The minimum Gasteiger partial charge on any atom is -0.462 e. The van der Waals surface area contributed by atoms with Crippen molar-refractivity contribution in [2.45, 2.75) is 13.1 Å². The maximum atomic E-state index is 13.4. The zero-order valence-electron chi connectivity index (χ0n) is 18.4. The van der Waals surface area contributed by atoms with Crippen LogP contribution < -0.4 is 5.56 Å². The molecule has 4 aromatic rings. The predicted octanol–water partition coefficient (Wildman–Crippen LogP) is 3.49. The van der Waals surface area contributed by atoms with Gasteiger partial charge < -0.3 is 4.74 Å². The van der Waals surface area contributed by atoms with Gasteiger partial charge in [-0.2, -0.15) is 23.5 Å². The Morgan fingerprint density at radius 3 is 2.49 bits per heavy atom. The lowest BCUT2D eigenvalue weighted by molar-refractivity contribution is -0.137. The van der Waals surface area contributed by atoms with E-state index >= 15 is 0 Å². The summed E-state index contributed by atoms with van der Waals surface area (Å²) in [6.45, 7) is 1.53. The van der Waals surface area contributed by atoms with Gasteiger partial charge >= 0.3 is 12.1 Å². The zero-order valence-corrected chi connectivity index (χ0v) is 18.4. The second-order valence-corrected chi connectivity index (χ2v) is 7.29. The summed E-state index contributed by atoms with van der Waals surface area (Å²) in [4.78, 5) is 30.4. The summed E-state index contributed by atoms with van der Waals surface area (Å²) in [6, 6.07) is 12.5. The standard InChI is InChI=1S/C23H17F3N6O3/c1-3-35-22(34)18-19(20-28-13-29-31(20)16-9-7-14(12-27)8-10-16)30(2)32(21(18)33)17-6-4-5-15(11-17)23(24,25)26/h4-11,13H,3H2,1-2H3. The van der Waals surface area contributed by atoms with Crippen molar-refractivity contribution in [3.05, 3.63) is 81.9 Å². The van der Waals surface area contributed by atoms with Gasteiger partial charge in [0.25, 0.3) is 5.56 Å². The van der Waals surface area contributed by atoms with Crippen LogP contribution in [0.15, 0.2) is 59.7 Å². The number of rotatable bonds is 5. The van der Waals surface area contributed by atoms with E-state index in [-0.39, 0.29) is 23.8 Å². The van der Waals surface area contributed by atoms with Crippen molar-refractivity contribution in [2.75, 3.05) is 6.61 Å². The van der Waals surface area contributed by atoms with E-state index in [1.165, 1.54) is 34.9 Å². The van der Waals surface area contributed by atoms with Gasteiger partial charge in [-0.25, -0.2) is 19.1 Å². The monoisotopic (exact) mass is 482 g/mol. The molecule has 0 saturated carbocycles. The molecule has 0 amide bonds. The quantitative estimate of drug-likeness (QED) is 0.403. The number of alkyl halides is 3. The van der Waals surface area contributed by atoms with Crippen molar-refractivity contribution in [3.63, 3.8) is 0 Å². The fourth-order valence-electron chi connectivity index (χ4n) is 3.62. The number of aromatic nitrogens is 5. The first-order chi connectivity index (χ1) is 16.7. The van der Waals surface area contributed by atoms with E-state index in [2.05, 4.69) is 10.1 Å². The highest BCUT2D eigenvalue weighted by Crippen LogP contribution is 2.31. The predicted molar refractivity (Wildman–Crippen MR) is 117 cm³/mol. The number of halogens is 3. The summed E-state index contributed by atoms with van der Waals surface area (Å²) in [5, 5.41) is 13.2. The molecule has 0 spiro atoms. The molecule has 0 aliphatic carbocycles. The molecule has 178 valence electrons.